The van der Waals surface area contributed by atoms with Gasteiger partial charge in [0.2, 0.25) is 0 Å². The van der Waals surface area contributed by atoms with Crippen molar-refractivity contribution < 1.29 is 4.79 Å². The summed E-state index contributed by atoms with van der Waals surface area (Å²) in [4.78, 5) is 21.0. The molecule has 0 aliphatic carbocycles. The van der Waals surface area contributed by atoms with Crippen LogP contribution < -0.4 is 5.73 Å². The second-order valence-electron chi connectivity index (χ2n) is 9.58. The predicted octanol–water partition coefficient (Wildman–Crippen LogP) is 3.91. The average Bonchev–Trinajstić information content (AvgIpc) is 3.19. The van der Waals surface area contributed by atoms with E-state index in [1.807, 2.05) is 30.5 Å². The third-order valence-corrected chi connectivity index (χ3v) is 6.89. The third-order valence-electron chi connectivity index (χ3n) is 6.89. The van der Waals surface area contributed by atoms with Crippen LogP contribution in [-0.4, -0.2) is 62.6 Å². The van der Waals surface area contributed by atoms with Crippen molar-refractivity contribution in [3.63, 3.8) is 0 Å². The summed E-state index contributed by atoms with van der Waals surface area (Å²) in [6.45, 7) is 4.76. The van der Waals surface area contributed by atoms with Crippen molar-refractivity contribution in [1.29, 1.82) is 0 Å². The standard InChI is InChI=1S/C28H31N7O/c1-18-15-20(28(36)33(2)3)5-6-22(18)19-10-13-35(14-11-19)17-21-16-24-23(9-12-30-27(24)34(21)4)25-7-8-26(29)32-31-25/h5-10,12,15-16H,11,13-14,17H2,1-4H3,(H2,29,32). The van der Waals surface area contributed by atoms with Crippen LogP contribution in [0.3, 0.4) is 0 Å². The van der Waals surface area contributed by atoms with Crippen molar-refractivity contribution in [1.82, 2.24) is 29.5 Å². The van der Waals surface area contributed by atoms with Crippen molar-refractivity contribution in [3.8, 4) is 11.3 Å². The molecule has 0 unspecified atom stereocenters. The molecule has 1 aliphatic heterocycles. The number of carbonyl (C=O) groups excluding carboxylic acids is 1. The minimum Gasteiger partial charge on any atom is -0.382 e. The molecule has 184 valence electrons. The maximum Gasteiger partial charge on any atom is 0.253 e. The number of nitrogen functional groups attached to an aromatic ring is 1. The number of pyridine rings is 1. The van der Waals surface area contributed by atoms with Gasteiger partial charge in [-0.05, 0) is 66.4 Å². The Hall–Kier alpha value is -4.04. The van der Waals surface area contributed by atoms with Gasteiger partial charge < -0.3 is 15.2 Å². The van der Waals surface area contributed by atoms with Crippen LogP contribution in [0.2, 0.25) is 0 Å². The summed E-state index contributed by atoms with van der Waals surface area (Å²) in [5, 5.41) is 9.34. The van der Waals surface area contributed by atoms with Crippen molar-refractivity contribution in [3.05, 3.63) is 77.1 Å². The van der Waals surface area contributed by atoms with Gasteiger partial charge in [-0.2, -0.15) is 0 Å². The summed E-state index contributed by atoms with van der Waals surface area (Å²) >= 11 is 0. The number of nitrogens with zero attached hydrogens (tertiary/aromatic N) is 6. The molecule has 8 heteroatoms. The highest BCUT2D eigenvalue weighted by Gasteiger charge is 2.19. The lowest BCUT2D eigenvalue weighted by Crippen LogP contribution is -2.29. The van der Waals surface area contributed by atoms with E-state index in [9.17, 15) is 4.79 Å². The fourth-order valence-corrected chi connectivity index (χ4v) is 4.88. The van der Waals surface area contributed by atoms with Gasteiger partial charge >= 0.3 is 0 Å². The molecule has 5 rings (SSSR count). The highest BCUT2D eigenvalue weighted by molar-refractivity contribution is 5.95. The van der Waals surface area contributed by atoms with E-state index in [1.54, 1.807) is 25.1 Å². The Morgan fingerprint density at radius 1 is 1.08 bits per heavy atom. The number of nitrogens with two attached hydrogens (primary N) is 1. The summed E-state index contributed by atoms with van der Waals surface area (Å²) < 4.78 is 2.16. The zero-order valence-corrected chi connectivity index (χ0v) is 21.2. The number of benzene rings is 1. The van der Waals surface area contributed by atoms with Crippen LogP contribution in [0, 0.1) is 6.92 Å². The summed E-state index contributed by atoms with van der Waals surface area (Å²) in [6, 6.07) is 13.9. The molecule has 36 heavy (non-hydrogen) atoms. The first kappa shape index (κ1) is 23.7. The molecule has 4 aromatic rings. The van der Waals surface area contributed by atoms with Gasteiger partial charge in [0.05, 0.1) is 5.69 Å². The van der Waals surface area contributed by atoms with Gasteiger partial charge in [-0.3, -0.25) is 9.69 Å². The molecule has 0 atom stereocenters. The summed E-state index contributed by atoms with van der Waals surface area (Å²) in [5.74, 6) is 0.438. The minimum atomic E-state index is 0.0319. The van der Waals surface area contributed by atoms with Crippen molar-refractivity contribution in [2.45, 2.75) is 19.9 Å². The molecule has 0 radical (unpaired) electrons. The highest BCUT2D eigenvalue weighted by Crippen LogP contribution is 2.30. The molecule has 0 saturated carbocycles. The van der Waals surface area contributed by atoms with Gasteiger partial charge in [-0.1, -0.05) is 12.1 Å². The Balaban J connectivity index is 1.35. The molecule has 1 aliphatic rings. The lowest BCUT2D eigenvalue weighted by Gasteiger charge is -2.27. The topological polar surface area (TPSA) is 93.2 Å². The number of hydrogen-bond donors (Lipinski definition) is 1. The normalized spacial score (nSPS) is 14.2. The highest BCUT2D eigenvalue weighted by atomic mass is 16.2. The Morgan fingerprint density at radius 3 is 2.58 bits per heavy atom. The van der Waals surface area contributed by atoms with Crippen LogP contribution in [0.1, 0.15) is 33.6 Å². The molecule has 2 N–H and O–H groups in total. The minimum absolute atomic E-state index is 0.0319. The maximum atomic E-state index is 12.3. The molecule has 0 bridgehead atoms. The second-order valence-corrected chi connectivity index (χ2v) is 9.58. The second kappa shape index (κ2) is 9.54. The molecule has 3 aromatic heterocycles. The molecule has 0 saturated heterocycles. The van der Waals surface area contributed by atoms with Crippen LogP contribution in [0.15, 0.2) is 54.7 Å². The monoisotopic (exact) mass is 481 g/mol. The third kappa shape index (κ3) is 4.47. The molecule has 0 fully saturated rings. The molecular weight excluding hydrogens is 450 g/mol. The molecular formula is C28H31N7O. The maximum absolute atomic E-state index is 12.3. The van der Waals surface area contributed by atoms with E-state index in [4.69, 9.17) is 5.73 Å². The first-order valence-corrected chi connectivity index (χ1v) is 12.1. The molecule has 8 nitrogen and oxygen atoms in total. The average molecular weight is 482 g/mol. The van der Waals surface area contributed by atoms with E-state index < -0.39 is 0 Å². The SMILES string of the molecule is Cc1cc(C(=O)N(C)C)ccc1C1=CCN(Cc2cc3c(-c4ccc(N)nn4)ccnc3n2C)CC1. The van der Waals surface area contributed by atoms with Gasteiger partial charge in [0.1, 0.15) is 11.5 Å². The number of amides is 1. The number of aryl methyl sites for hydroxylation is 2. The van der Waals surface area contributed by atoms with Crippen molar-refractivity contribution >= 4 is 28.3 Å². The lowest BCUT2D eigenvalue weighted by molar-refractivity contribution is 0.0827. The van der Waals surface area contributed by atoms with E-state index in [-0.39, 0.29) is 5.91 Å². The van der Waals surface area contributed by atoms with Crippen LogP contribution >= 0.6 is 0 Å². The zero-order valence-electron chi connectivity index (χ0n) is 21.2. The Labute approximate surface area is 211 Å². The Kier molecular flexibility index (Phi) is 6.28. The van der Waals surface area contributed by atoms with Crippen LogP contribution in [0.5, 0.6) is 0 Å². The van der Waals surface area contributed by atoms with Gasteiger partial charge in [0.15, 0.2) is 0 Å². The lowest BCUT2D eigenvalue weighted by atomic mass is 9.94. The van der Waals surface area contributed by atoms with Crippen LogP contribution in [0.4, 0.5) is 5.82 Å². The van der Waals surface area contributed by atoms with Crippen molar-refractivity contribution in [2.24, 2.45) is 7.05 Å². The smallest absolute Gasteiger partial charge is 0.253 e. The fraction of sp³-hybridized carbons (Fsp3) is 0.286. The van der Waals surface area contributed by atoms with Crippen LogP contribution in [-0.2, 0) is 13.6 Å². The predicted molar refractivity (Wildman–Crippen MR) is 143 cm³/mol. The fourth-order valence-electron chi connectivity index (χ4n) is 4.88. The molecule has 4 heterocycles. The number of hydrogen-bond acceptors (Lipinski definition) is 6. The number of fused-ring (bicyclic) bond motifs is 1. The first-order chi connectivity index (χ1) is 17.3. The van der Waals surface area contributed by atoms with E-state index in [0.717, 1.165) is 59.5 Å². The van der Waals surface area contributed by atoms with E-state index in [0.29, 0.717) is 5.82 Å². The molecule has 1 aromatic carbocycles. The van der Waals surface area contributed by atoms with Crippen molar-refractivity contribution in [2.75, 3.05) is 32.9 Å². The van der Waals surface area contributed by atoms with Crippen LogP contribution in [0.25, 0.3) is 27.9 Å². The zero-order chi connectivity index (χ0) is 25.4. The van der Waals surface area contributed by atoms with E-state index >= 15 is 0 Å². The molecule has 1 amide bonds. The number of anilines is 1. The summed E-state index contributed by atoms with van der Waals surface area (Å²) in [5.41, 5.74) is 14.1. The molecule has 0 spiro atoms. The van der Waals surface area contributed by atoms with Gasteiger partial charge in [0.25, 0.3) is 5.91 Å². The summed E-state index contributed by atoms with van der Waals surface area (Å²) in [7, 11) is 5.62. The number of aromatic nitrogens is 4. The van der Waals surface area contributed by atoms with Gasteiger partial charge in [-0.15, -0.1) is 10.2 Å². The van der Waals surface area contributed by atoms with Gasteiger partial charge in [-0.25, -0.2) is 4.98 Å². The summed E-state index contributed by atoms with van der Waals surface area (Å²) in [6.07, 6.45) is 5.10. The quantitative estimate of drug-likeness (QED) is 0.465. The van der Waals surface area contributed by atoms with E-state index in [2.05, 4.69) is 56.8 Å². The number of carbonyl (C=O) groups is 1. The Morgan fingerprint density at radius 2 is 1.92 bits per heavy atom. The van der Waals surface area contributed by atoms with Gasteiger partial charge in [0, 0.05) is 69.2 Å². The Bertz CT molecular complexity index is 1470. The number of rotatable bonds is 5. The first-order valence-electron chi connectivity index (χ1n) is 12.1. The van der Waals surface area contributed by atoms with E-state index in [1.165, 1.54) is 16.8 Å². The largest absolute Gasteiger partial charge is 0.382 e.